The molecular weight excluding hydrogens is 178 g/mol. The van der Waals surface area contributed by atoms with Gasteiger partial charge in [-0.3, -0.25) is 4.68 Å². The molecule has 3 N–H and O–H groups in total. The maximum Gasteiger partial charge on any atom is 0.153 e. The molecule has 0 atom stereocenters. The van der Waals surface area contributed by atoms with Gasteiger partial charge in [-0.25, -0.2) is 4.98 Å². The van der Waals surface area contributed by atoms with Crippen LogP contribution in [0, 0.1) is 0 Å². The summed E-state index contributed by atoms with van der Waals surface area (Å²) in [6.07, 6.45) is 1.86. The quantitative estimate of drug-likeness (QED) is 0.743. The third-order valence-electron chi connectivity index (χ3n) is 1.74. The molecule has 5 heteroatoms. The number of hydrogen-bond acceptors (Lipinski definition) is 4. The Morgan fingerprint density at radius 3 is 2.79 bits per heavy atom. The first-order valence-electron chi connectivity index (χ1n) is 4.23. The van der Waals surface area contributed by atoms with Gasteiger partial charge < -0.3 is 11.1 Å². The summed E-state index contributed by atoms with van der Waals surface area (Å²) in [5.41, 5.74) is 5.54. The fourth-order valence-corrected chi connectivity index (χ4v) is 1.13. The van der Waals surface area contributed by atoms with Crippen LogP contribution in [0.2, 0.25) is 0 Å². The summed E-state index contributed by atoms with van der Waals surface area (Å²) in [5.74, 6) is 1.94. The van der Waals surface area contributed by atoms with E-state index in [1.165, 1.54) is 0 Å². The minimum Gasteiger partial charge on any atom is -0.384 e. The van der Waals surface area contributed by atoms with Gasteiger partial charge >= 0.3 is 0 Å². The Balaban J connectivity index is 2.18. The number of nitrogen functional groups attached to an aromatic ring is 1. The molecule has 0 amide bonds. The predicted molar refractivity (Wildman–Crippen MR) is 55.1 cm³/mol. The van der Waals surface area contributed by atoms with Crippen molar-refractivity contribution in [3.63, 3.8) is 0 Å². The first kappa shape index (κ1) is 8.55. The van der Waals surface area contributed by atoms with E-state index in [0.29, 0.717) is 11.6 Å². The normalized spacial score (nSPS) is 10.1. The molecule has 5 nitrogen and oxygen atoms in total. The summed E-state index contributed by atoms with van der Waals surface area (Å²) in [7, 11) is 1.86. The molecule has 0 saturated heterocycles. The molecule has 0 radical (unpaired) electrons. The lowest BCUT2D eigenvalue weighted by molar-refractivity contribution is 0.771. The molecule has 0 aliphatic heterocycles. The van der Waals surface area contributed by atoms with E-state index in [9.17, 15) is 0 Å². The predicted octanol–water partition coefficient (Wildman–Crippen LogP) is 1.14. The molecule has 0 aromatic carbocycles. The van der Waals surface area contributed by atoms with Crippen LogP contribution in [0.25, 0.3) is 0 Å². The van der Waals surface area contributed by atoms with Crippen molar-refractivity contribution in [2.24, 2.45) is 7.05 Å². The lowest BCUT2D eigenvalue weighted by Crippen LogP contribution is -1.97. The maximum absolute atomic E-state index is 5.54. The topological polar surface area (TPSA) is 68.8 Å². The third kappa shape index (κ3) is 1.82. The van der Waals surface area contributed by atoms with Crippen molar-refractivity contribution in [1.82, 2.24) is 14.8 Å². The lowest BCUT2D eigenvalue weighted by Gasteiger charge is -2.01. The SMILES string of the molecule is Cn1ccc(Nc2cccc(N)n2)n1. The fourth-order valence-electron chi connectivity index (χ4n) is 1.13. The summed E-state index contributed by atoms with van der Waals surface area (Å²) in [4.78, 5) is 4.10. The number of hydrogen-bond donors (Lipinski definition) is 2. The molecule has 2 rings (SSSR count). The molecule has 0 spiro atoms. The van der Waals surface area contributed by atoms with E-state index in [4.69, 9.17) is 5.73 Å². The number of rotatable bonds is 2. The highest BCUT2D eigenvalue weighted by molar-refractivity contribution is 5.53. The van der Waals surface area contributed by atoms with E-state index in [0.717, 1.165) is 5.82 Å². The van der Waals surface area contributed by atoms with Crippen LogP contribution in [0.1, 0.15) is 0 Å². The van der Waals surface area contributed by atoms with Crippen LogP contribution in [0.4, 0.5) is 17.5 Å². The van der Waals surface area contributed by atoms with Crippen LogP contribution in [0.15, 0.2) is 30.5 Å². The highest BCUT2D eigenvalue weighted by Crippen LogP contribution is 2.12. The van der Waals surface area contributed by atoms with Gasteiger partial charge in [0.2, 0.25) is 0 Å². The van der Waals surface area contributed by atoms with Gasteiger partial charge in [-0.05, 0) is 12.1 Å². The highest BCUT2D eigenvalue weighted by atomic mass is 15.3. The van der Waals surface area contributed by atoms with Crippen LogP contribution in [-0.2, 0) is 7.05 Å². The molecule has 72 valence electrons. The summed E-state index contributed by atoms with van der Waals surface area (Å²) >= 11 is 0. The summed E-state index contributed by atoms with van der Waals surface area (Å²) in [6, 6.07) is 7.28. The average molecular weight is 189 g/mol. The first-order valence-corrected chi connectivity index (χ1v) is 4.23. The van der Waals surface area contributed by atoms with Crippen molar-refractivity contribution in [3.8, 4) is 0 Å². The van der Waals surface area contributed by atoms with Crippen molar-refractivity contribution in [2.45, 2.75) is 0 Å². The molecule has 2 heterocycles. The van der Waals surface area contributed by atoms with E-state index in [1.54, 1.807) is 10.7 Å². The molecule has 0 unspecified atom stereocenters. The zero-order valence-electron chi connectivity index (χ0n) is 7.81. The smallest absolute Gasteiger partial charge is 0.153 e. The molecule has 0 fully saturated rings. The monoisotopic (exact) mass is 189 g/mol. The lowest BCUT2D eigenvalue weighted by atomic mass is 10.4. The number of nitrogens with one attached hydrogen (secondary N) is 1. The number of nitrogens with two attached hydrogens (primary N) is 1. The summed E-state index contributed by atoms with van der Waals surface area (Å²) in [6.45, 7) is 0. The zero-order chi connectivity index (χ0) is 9.97. The van der Waals surface area contributed by atoms with Gasteiger partial charge in [0, 0.05) is 19.3 Å². The molecule has 14 heavy (non-hydrogen) atoms. The second-order valence-electron chi connectivity index (χ2n) is 2.95. The van der Waals surface area contributed by atoms with E-state index in [1.807, 2.05) is 31.4 Å². The van der Waals surface area contributed by atoms with Crippen molar-refractivity contribution in [2.75, 3.05) is 11.1 Å². The molecule has 2 aromatic rings. The number of nitrogens with zero attached hydrogens (tertiary/aromatic N) is 3. The van der Waals surface area contributed by atoms with Gasteiger partial charge in [-0.1, -0.05) is 6.07 Å². The Kier molecular flexibility index (Phi) is 2.06. The van der Waals surface area contributed by atoms with Gasteiger partial charge in [0.15, 0.2) is 5.82 Å². The van der Waals surface area contributed by atoms with Crippen LogP contribution < -0.4 is 11.1 Å². The van der Waals surface area contributed by atoms with Crippen molar-refractivity contribution < 1.29 is 0 Å². The second kappa shape index (κ2) is 3.37. The van der Waals surface area contributed by atoms with E-state index in [-0.39, 0.29) is 0 Å². The van der Waals surface area contributed by atoms with Crippen LogP contribution >= 0.6 is 0 Å². The molecule has 0 aliphatic rings. The molecule has 2 aromatic heterocycles. The van der Waals surface area contributed by atoms with Gasteiger partial charge in [-0.15, -0.1) is 0 Å². The van der Waals surface area contributed by atoms with E-state index < -0.39 is 0 Å². The number of aryl methyl sites for hydroxylation is 1. The Morgan fingerprint density at radius 2 is 2.14 bits per heavy atom. The molecule has 0 saturated carbocycles. The van der Waals surface area contributed by atoms with Crippen molar-refractivity contribution in [3.05, 3.63) is 30.5 Å². The first-order chi connectivity index (χ1) is 6.74. The highest BCUT2D eigenvalue weighted by Gasteiger charge is 1.98. The molecule has 0 aliphatic carbocycles. The van der Waals surface area contributed by atoms with E-state index >= 15 is 0 Å². The molecular formula is C9H11N5. The average Bonchev–Trinajstić information content (AvgIpc) is 2.51. The minimum atomic E-state index is 0.492. The van der Waals surface area contributed by atoms with Crippen molar-refractivity contribution in [1.29, 1.82) is 0 Å². The minimum absolute atomic E-state index is 0.492. The zero-order valence-corrected chi connectivity index (χ0v) is 7.81. The molecule has 0 bridgehead atoms. The van der Waals surface area contributed by atoms with E-state index in [2.05, 4.69) is 15.4 Å². The second-order valence-corrected chi connectivity index (χ2v) is 2.95. The number of anilines is 3. The number of pyridine rings is 1. The third-order valence-corrected chi connectivity index (χ3v) is 1.74. The van der Waals surface area contributed by atoms with Gasteiger partial charge in [0.25, 0.3) is 0 Å². The Morgan fingerprint density at radius 1 is 1.29 bits per heavy atom. The maximum atomic E-state index is 5.54. The fraction of sp³-hybridized carbons (Fsp3) is 0.111. The van der Waals surface area contributed by atoms with Crippen LogP contribution in [-0.4, -0.2) is 14.8 Å². The largest absolute Gasteiger partial charge is 0.384 e. The van der Waals surface area contributed by atoms with Crippen LogP contribution in [0.5, 0.6) is 0 Å². The van der Waals surface area contributed by atoms with Crippen molar-refractivity contribution >= 4 is 17.5 Å². The van der Waals surface area contributed by atoms with Crippen LogP contribution in [0.3, 0.4) is 0 Å². The Hall–Kier alpha value is -2.04. The van der Waals surface area contributed by atoms with Gasteiger partial charge in [0.1, 0.15) is 11.6 Å². The summed E-state index contributed by atoms with van der Waals surface area (Å²) < 4.78 is 1.72. The number of aromatic nitrogens is 3. The standard InChI is InChI=1S/C9H11N5/c1-14-6-5-9(13-14)12-8-4-2-3-7(10)11-8/h2-6H,1H3,(H3,10,11,12,13). The van der Waals surface area contributed by atoms with Gasteiger partial charge in [-0.2, -0.15) is 5.10 Å². The Labute approximate surface area is 81.6 Å². The van der Waals surface area contributed by atoms with Gasteiger partial charge in [0.05, 0.1) is 0 Å². The Bertz CT molecular complexity index is 434. The summed E-state index contributed by atoms with van der Waals surface area (Å²) in [5, 5.41) is 7.20.